The molecule has 0 spiro atoms. The van der Waals surface area contributed by atoms with E-state index < -0.39 is 64.0 Å². The summed E-state index contributed by atoms with van der Waals surface area (Å²) < 4.78 is 80.7. The van der Waals surface area contributed by atoms with Crippen molar-refractivity contribution in [1.82, 2.24) is 19.4 Å². The molecule has 244 valence electrons. The van der Waals surface area contributed by atoms with Crippen molar-refractivity contribution in [1.29, 1.82) is 0 Å². The van der Waals surface area contributed by atoms with E-state index in [0.29, 0.717) is 11.8 Å². The molecule has 0 saturated carbocycles. The first-order valence-electron chi connectivity index (χ1n) is 14.6. The second kappa shape index (κ2) is 11.8. The van der Waals surface area contributed by atoms with Crippen LogP contribution in [0.15, 0.2) is 34.0 Å². The van der Waals surface area contributed by atoms with E-state index >= 15 is 4.39 Å². The van der Waals surface area contributed by atoms with Gasteiger partial charge in [-0.3, -0.25) is 9.47 Å². The van der Waals surface area contributed by atoms with Gasteiger partial charge in [0.1, 0.15) is 23.1 Å². The minimum atomic E-state index is -4.93. The number of hydrogen-bond acceptors (Lipinski definition) is 7. The second-order valence-corrected chi connectivity index (χ2v) is 13.9. The fourth-order valence-corrected chi connectivity index (χ4v) is 7.54. The van der Waals surface area contributed by atoms with Crippen molar-refractivity contribution in [3.63, 3.8) is 0 Å². The van der Waals surface area contributed by atoms with Crippen LogP contribution >= 0.6 is 11.8 Å². The Morgan fingerprint density at radius 3 is 2.24 bits per heavy atom. The quantitative estimate of drug-likeness (QED) is 0.311. The molecule has 45 heavy (non-hydrogen) atoms. The number of anilines is 1. The summed E-state index contributed by atoms with van der Waals surface area (Å²) in [6.07, 6.45) is -5.44. The Morgan fingerprint density at radius 1 is 1.04 bits per heavy atom. The molecule has 1 aromatic heterocycles. The summed E-state index contributed by atoms with van der Waals surface area (Å²) in [5, 5.41) is 0.0835. The number of nitrogens with zero attached hydrogens (tertiary/aromatic N) is 5. The fraction of sp³-hybridized carbons (Fsp3) is 0.516. The Labute approximate surface area is 262 Å². The molecule has 2 aliphatic rings. The zero-order valence-corrected chi connectivity index (χ0v) is 26.9. The number of carbonyl (C=O) groups is 1. The van der Waals surface area contributed by atoms with E-state index in [1.807, 2.05) is 4.90 Å². The Balaban J connectivity index is 1.76. The van der Waals surface area contributed by atoms with E-state index in [9.17, 15) is 27.2 Å². The number of likely N-dealkylation sites (N-methyl/N-ethyl adjacent to an activating group) is 1. The molecular formula is C31H36F5N5O3S. The molecule has 2 aliphatic heterocycles. The molecule has 0 bridgehead atoms. The van der Waals surface area contributed by atoms with Crippen LogP contribution in [-0.2, 0) is 17.5 Å². The molecule has 0 radical (unpaired) electrons. The highest BCUT2D eigenvalue weighted by atomic mass is 32.2. The first kappa shape index (κ1) is 33.0. The lowest BCUT2D eigenvalue weighted by Gasteiger charge is -2.45. The number of piperazine rings is 1. The molecule has 3 aromatic rings. The number of carbonyl (C=O) groups excluding carboxylic acids is 1. The first-order valence-corrected chi connectivity index (χ1v) is 15.6. The predicted octanol–water partition coefficient (Wildman–Crippen LogP) is 6.23. The standard InChI is InChI=1S/C31H36F5N5O3S/c1-16-12-39(13-17(2)41(16)29(43)44-30(3,4)5)27-21-11-22(31(34,35)36)24(20-9-8-18(32)10-23(20)33)26-25(21)40(28(42)37-27)14-19(15-45-26)38(6)7/h8-11,16-17,19H,12-15H2,1-7H3/t16-,17+,19-/m1/s1. The van der Waals surface area contributed by atoms with Crippen LogP contribution in [0.25, 0.3) is 22.0 Å². The van der Waals surface area contributed by atoms with Crippen molar-refractivity contribution >= 4 is 34.6 Å². The Bertz CT molecular complexity index is 1690. The highest BCUT2D eigenvalue weighted by Gasteiger charge is 2.41. The first-order chi connectivity index (χ1) is 20.9. The van der Waals surface area contributed by atoms with Gasteiger partial charge in [0, 0.05) is 58.9 Å². The van der Waals surface area contributed by atoms with Gasteiger partial charge >= 0.3 is 18.0 Å². The average molecular weight is 654 g/mol. The number of halogens is 5. The zero-order chi connectivity index (χ0) is 33.2. The highest BCUT2D eigenvalue weighted by molar-refractivity contribution is 7.99. The maximum atomic E-state index is 15.2. The fourth-order valence-electron chi connectivity index (χ4n) is 6.05. The molecule has 3 atom stereocenters. The topological polar surface area (TPSA) is 70.9 Å². The molecule has 1 saturated heterocycles. The van der Waals surface area contributed by atoms with Crippen LogP contribution in [0.2, 0.25) is 0 Å². The molecule has 14 heteroatoms. The van der Waals surface area contributed by atoms with Gasteiger partial charge in [0.2, 0.25) is 0 Å². The van der Waals surface area contributed by atoms with Gasteiger partial charge in [-0.25, -0.2) is 18.4 Å². The Morgan fingerprint density at radius 2 is 1.69 bits per heavy atom. The Kier molecular flexibility index (Phi) is 8.62. The summed E-state index contributed by atoms with van der Waals surface area (Å²) in [6.45, 7) is 9.36. The van der Waals surface area contributed by atoms with Crippen LogP contribution in [0.4, 0.5) is 32.6 Å². The summed E-state index contributed by atoms with van der Waals surface area (Å²) >= 11 is 1.10. The number of amides is 1. The van der Waals surface area contributed by atoms with Crippen LogP contribution in [0.5, 0.6) is 0 Å². The Hall–Kier alpha value is -3.39. The van der Waals surface area contributed by atoms with E-state index in [1.165, 1.54) is 4.57 Å². The summed E-state index contributed by atoms with van der Waals surface area (Å²) in [7, 11) is 3.61. The van der Waals surface area contributed by atoms with Gasteiger partial charge in [-0.2, -0.15) is 18.2 Å². The largest absolute Gasteiger partial charge is 0.444 e. The summed E-state index contributed by atoms with van der Waals surface area (Å²) in [5.41, 5.74) is -3.15. The summed E-state index contributed by atoms with van der Waals surface area (Å²) in [4.78, 5) is 36.3. The number of benzene rings is 2. The van der Waals surface area contributed by atoms with E-state index in [1.54, 1.807) is 58.5 Å². The maximum Gasteiger partial charge on any atom is 0.417 e. The number of aromatic nitrogens is 2. The van der Waals surface area contributed by atoms with E-state index in [-0.39, 0.29) is 47.3 Å². The van der Waals surface area contributed by atoms with Crippen molar-refractivity contribution in [2.24, 2.45) is 0 Å². The zero-order valence-electron chi connectivity index (χ0n) is 26.1. The van der Waals surface area contributed by atoms with Crippen molar-refractivity contribution in [3.8, 4) is 11.1 Å². The molecular weight excluding hydrogens is 617 g/mol. The van der Waals surface area contributed by atoms with Gasteiger partial charge in [-0.05, 0) is 66.9 Å². The molecule has 5 rings (SSSR count). The monoisotopic (exact) mass is 653 g/mol. The van der Waals surface area contributed by atoms with Gasteiger partial charge in [-0.1, -0.05) is 0 Å². The van der Waals surface area contributed by atoms with Crippen LogP contribution < -0.4 is 10.6 Å². The molecule has 2 aromatic carbocycles. The van der Waals surface area contributed by atoms with Gasteiger partial charge in [0.25, 0.3) is 0 Å². The number of alkyl halides is 3. The van der Waals surface area contributed by atoms with Crippen LogP contribution in [-0.4, -0.2) is 82.1 Å². The van der Waals surface area contributed by atoms with E-state index in [0.717, 1.165) is 30.0 Å². The number of hydrogen-bond donors (Lipinski definition) is 0. The minimum absolute atomic E-state index is 0.0515. The maximum absolute atomic E-state index is 15.2. The van der Waals surface area contributed by atoms with Crippen molar-refractivity contribution in [2.45, 2.75) is 76.0 Å². The molecule has 0 unspecified atom stereocenters. The summed E-state index contributed by atoms with van der Waals surface area (Å²) in [6, 6.07) is 2.26. The van der Waals surface area contributed by atoms with Crippen LogP contribution in [0.1, 0.15) is 40.2 Å². The second-order valence-electron chi connectivity index (χ2n) is 12.9. The highest BCUT2D eigenvalue weighted by Crippen LogP contribution is 2.49. The number of ether oxygens (including phenoxy) is 1. The van der Waals surface area contributed by atoms with Gasteiger partial charge < -0.3 is 14.5 Å². The van der Waals surface area contributed by atoms with E-state index in [2.05, 4.69) is 4.98 Å². The third-order valence-electron chi connectivity index (χ3n) is 8.07. The van der Waals surface area contributed by atoms with Gasteiger partial charge in [0.15, 0.2) is 0 Å². The van der Waals surface area contributed by atoms with Gasteiger partial charge in [-0.15, -0.1) is 11.8 Å². The molecule has 0 N–H and O–H groups in total. The predicted molar refractivity (Wildman–Crippen MR) is 164 cm³/mol. The molecule has 1 fully saturated rings. The van der Waals surface area contributed by atoms with Gasteiger partial charge in [0.05, 0.1) is 23.2 Å². The lowest BCUT2D eigenvalue weighted by atomic mass is 9.95. The summed E-state index contributed by atoms with van der Waals surface area (Å²) in [5.74, 6) is -1.71. The van der Waals surface area contributed by atoms with E-state index in [4.69, 9.17) is 4.74 Å². The molecule has 0 aliphatic carbocycles. The van der Waals surface area contributed by atoms with Crippen molar-refractivity contribution in [2.75, 3.05) is 37.8 Å². The van der Waals surface area contributed by atoms with Crippen LogP contribution in [0.3, 0.4) is 0 Å². The minimum Gasteiger partial charge on any atom is -0.444 e. The SMILES string of the molecule is C[C@@H]1CN(c2nc(=O)n3c4c(c(-c5ccc(F)cc5F)c(C(F)(F)F)cc24)SC[C@H](N(C)C)C3)C[C@H](C)N1C(=O)OC(C)(C)C. The molecule has 3 heterocycles. The average Bonchev–Trinajstić information content (AvgIpc) is 3.10. The van der Waals surface area contributed by atoms with Crippen molar-refractivity contribution < 1.29 is 31.5 Å². The smallest absolute Gasteiger partial charge is 0.417 e. The lowest BCUT2D eigenvalue weighted by Crippen LogP contribution is -2.59. The number of rotatable bonds is 3. The number of thioether (sulfide) groups is 1. The third kappa shape index (κ3) is 6.35. The third-order valence-corrected chi connectivity index (χ3v) is 9.31. The molecule has 1 amide bonds. The normalized spacial score (nSPS) is 21.0. The lowest BCUT2D eigenvalue weighted by molar-refractivity contribution is -0.137. The van der Waals surface area contributed by atoms with Crippen molar-refractivity contribution in [3.05, 3.63) is 51.9 Å². The van der Waals surface area contributed by atoms with Crippen LogP contribution in [0, 0.1) is 11.6 Å². The molecule has 8 nitrogen and oxygen atoms in total.